The number of aromatic nitrogens is 1. The summed E-state index contributed by atoms with van der Waals surface area (Å²) in [6.07, 6.45) is 0.0904. The minimum Gasteiger partial charge on any atom is -0.436 e. The molecule has 0 saturated carbocycles. The Morgan fingerprint density at radius 1 is 1.60 bits per heavy atom. The van der Waals surface area contributed by atoms with Gasteiger partial charge in [0.05, 0.1) is 11.8 Å². The Balaban J connectivity index is 2.58. The molecular weight excluding hydrogens is 196 g/mol. The number of nitrogens with one attached hydrogen (secondary N) is 1. The summed E-state index contributed by atoms with van der Waals surface area (Å²) in [5.41, 5.74) is 0.566. The van der Waals surface area contributed by atoms with Crippen molar-refractivity contribution < 1.29 is 14.3 Å². The normalized spacial score (nSPS) is 12.5. The van der Waals surface area contributed by atoms with E-state index in [1.807, 2.05) is 6.92 Å². The van der Waals surface area contributed by atoms with Gasteiger partial charge in [0.15, 0.2) is 5.89 Å². The fourth-order valence-electron chi connectivity index (χ4n) is 1.18. The maximum atomic E-state index is 11.5. The van der Waals surface area contributed by atoms with Crippen molar-refractivity contribution in [3.8, 4) is 0 Å². The van der Waals surface area contributed by atoms with Gasteiger partial charge in [0.25, 0.3) is 5.91 Å². The largest absolute Gasteiger partial charge is 0.436 e. The van der Waals surface area contributed by atoms with E-state index in [0.717, 1.165) is 0 Å². The van der Waals surface area contributed by atoms with Gasteiger partial charge in [-0.05, 0) is 13.3 Å². The molecule has 0 aromatic carbocycles. The zero-order chi connectivity index (χ0) is 11.4. The van der Waals surface area contributed by atoms with Crippen LogP contribution in [0.1, 0.15) is 35.5 Å². The molecule has 1 heterocycles. The van der Waals surface area contributed by atoms with Crippen LogP contribution in [0.4, 0.5) is 0 Å². The fourth-order valence-corrected chi connectivity index (χ4v) is 1.18. The Labute approximate surface area is 88.5 Å². The molecule has 1 amide bonds. The molecule has 0 radical (unpaired) electrons. The number of aliphatic hydroxyl groups is 1. The lowest BCUT2D eigenvalue weighted by molar-refractivity contribution is 0.0884. The zero-order valence-corrected chi connectivity index (χ0v) is 9.20. The molecule has 0 aliphatic rings. The molecule has 15 heavy (non-hydrogen) atoms. The van der Waals surface area contributed by atoms with Gasteiger partial charge < -0.3 is 14.8 Å². The van der Waals surface area contributed by atoms with Crippen LogP contribution >= 0.6 is 0 Å². The summed E-state index contributed by atoms with van der Waals surface area (Å²) in [6, 6.07) is 0. The Morgan fingerprint density at radius 2 is 2.27 bits per heavy atom. The highest BCUT2D eigenvalue weighted by atomic mass is 16.4. The van der Waals surface area contributed by atoms with Crippen molar-refractivity contribution in [3.05, 3.63) is 17.3 Å². The summed E-state index contributed by atoms with van der Waals surface area (Å²) in [5, 5.41) is 11.8. The number of rotatable bonds is 4. The molecule has 2 N–H and O–H groups in total. The third-order valence-electron chi connectivity index (χ3n) is 2.08. The van der Waals surface area contributed by atoms with Crippen LogP contribution in [-0.4, -0.2) is 28.6 Å². The molecule has 1 rings (SSSR count). The Hall–Kier alpha value is -1.36. The highest BCUT2D eigenvalue weighted by Crippen LogP contribution is 2.08. The average Bonchev–Trinajstić information content (AvgIpc) is 2.53. The summed E-state index contributed by atoms with van der Waals surface area (Å²) in [6.45, 7) is 5.47. The first-order valence-corrected chi connectivity index (χ1v) is 4.94. The maximum Gasteiger partial charge on any atom is 0.289 e. The molecule has 0 fully saturated rings. The number of aryl methyl sites for hydroxylation is 2. The summed E-state index contributed by atoms with van der Waals surface area (Å²) in [7, 11) is 0. The average molecular weight is 212 g/mol. The van der Waals surface area contributed by atoms with Gasteiger partial charge in [0.2, 0.25) is 5.76 Å². The Bertz CT molecular complexity index is 346. The molecule has 0 spiro atoms. The number of aliphatic hydroxyl groups excluding tert-OH is 1. The summed E-state index contributed by atoms with van der Waals surface area (Å²) < 4.78 is 5.14. The molecule has 5 heteroatoms. The first-order chi connectivity index (χ1) is 7.04. The predicted molar refractivity (Wildman–Crippen MR) is 54.6 cm³/mol. The second-order valence-corrected chi connectivity index (χ2v) is 3.42. The van der Waals surface area contributed by atoms with Crippen LogP contribution in [0.5, 0.6) is 0 Å². The minimum absolute atomic E-state index is 0.218. The lowest BCUT2D eigenvalue weighted by atomic mass is 10.2. The number of nitrogens with zero attached hydrogens (tertiary/aromatic N) is 1. The second-order valence-electron chi connectivity index (χ2n) is 3.42. The molecule has 0 aliphatic heterocycles. The minimum atomic E-state index is -0.515. The van der Waals surface area contributed by atoms with Crippen LogP contribution in [0.25, 0.3) is 0 Å². The van der Waals surface area contributed by atoms with Gasteiger partial charge in [-0.15, -0.1) is 0 Å². The topological polar surface area (TPSA) is 75.4 Å². The summed E-state index contributed by atoms with van der Waals surface area (Å²) >= 11 is 0. The molecule has 84 valence electrons. The molecule has 1 aromatic rings. The van der Waals surface area contributed by atoms with Crippen molar-refractivity contribution in [1.29, 1.82) is 0 Å². The molecule has 0 saturated heterocycles. The van der Waals surface area contributed by atoms with E-state index in [1.165, 1.54) is 0 Å². The van der Waals surface area contributed by atoms with E-state index in [1.54, 1.807) is 13.8 Å². The highest BCUT2D eigenvalue weighted by molar-refractivity contribution is 5.92. The smallest absolute Gasteiger partial charge is 0.289 e. The lowest BCUT2D eigenvalue weighted by Crippen LogP contribution is -2.31. The number of carbonyl (C=O) groups excluding carboxylic acids is 1. The van der Waals surface area contributed by atoms with E-state index in [2.05, 4.69) is 10.3 Å². The van der Waals surface area contributed by atoms with Crippen LogP contribution in [0.15, 0.2) is 4.42 Å². The molecular formula is C10H16N2O3. The highest BCUT2D eigenvalue weighted by Gasteiger charge is 2.16. The molecule has 0 aliphatic carbocycles. The third kappa shape index (κ3) is 3.06. The summed E-state index contributed by atoms with van der Waals surface area (Å²) in [5.74, 6) is 0.352. The van der Waals surface area contributed by atoms with E-state index in [-0.39, 0.29) is 18.2 Å². The van der Waals surface area contributed by atoms with Gasteiger partial charge in [0, 0.05) is 13.5 Å². The standard InChI is InChI=1S/C10H16N2O3/c1-4-8(13)5-11-10(14)9-6(2)12-7(3)15-9/h8,13H,4-5H2,1-3H3,(H,11,14). The number of oxazole rings is 1. The first kappa shape index (κ1) is 11.7. The molecule has 1 aromatic heterocycles. The van der Waals surface area contributed by atoms with Gasteiger partial charge in [-0.2, -0.15) is 0 Å². The van der Waals surface area contributed by atoms with Crippen molar-refractivity contribution in [2.75, 3.05) is 6.54 Å². The van der Waals surface area contributed by atoms with Crippen molar-refractivity contribution in [1.82, 2.24) is 10.3 Å². The Morgan fingerprint density at radius 3 is 2.73 bits per heavy atom. The Kier molecular flexibility index (Phi) is 3.85. The van der Waals surface area contributed by atoms with Crippen LogP contribution in [0.3, 0.4) is 0 Å². The van der Waals surface area contributed by atoms with Gasteiger partial charge in [0.1, 0.15) is 0 Å². The fraction of sp³-hybridized carbons (Fsp3) is 0.600. The van der Waals surface area contributed by atoms with Crippen molar-refractivity contribution >= 4 is 5.91 Å². The van der Waals surface area contributed by atoms with E-state index in [9.17, 15) is 9.90 Å². The van der Waals surface area contributed by atoms with Gasteiger partial charge in [-0.3, -0.25) is 4.79 Å². The predicted octanol–water partition coefficient (Wildman–Crippen LogP) is 0.792. The number of amides is 1. The SMILES string of the molecule is CCC(O)CNC(=O)c1oc(C)nc1C. The monoisotopic (exact) mass is 212 g/mol. The number of hydrogen-bond acceptors (Lipinski definition) is 4. The maximum absolute atomic E-state index is 11.5. The number of carbonyl (C=O) groups is 1. The van der Waals surface area contributed by atoms with Crippen LogP contribution < -0.4 is 5.32 Å². The van der Waals surface area contributed by atoms with E-state index < -0.39 is 6.10 Å². The van der Waals surface area contributed by atoms with Crippen molar-refractivity contribution in [3.63, 3.8) is 0 Å². The van der Waals surface area contributed by atoms with Crippen LogP contribution in [0, 0.1) is 13.8 Å². The second kappa shape index (κ2) is 4.93. The van der Waals surface area contributed by atoms with E-state index in [4.69, 9.17) is 4.42 Å². The summed E-state index contributed by atoms with van der Waals surface area (Å²) in [4.78, 5) is 15.5. The molecule has 0 bridgehead atoms. The molecule has 1 atom stereocenters. The lowest BCUT2D eigenvalue weighted by Gasteiger charge is -2.07. The third-order valence-corrected chi connectivity index (χ3v) is 2.08. The quantitative estimate of drug-likeness (QED) is 0.773. The van der Waals surface area contributed by atoms with Crippen LogP contribution in [-0.2, 0) is 0 Å². The zero-order valence-electron chi connectivity index (χ0n) is 9.20. The van der Waals surface area contributed by atoms with E-state index >= 15 is 0 Å². The molecule has 5 nitrogen and oxygen atoms in total. The van der Waals surface area contributed by atoms with E-state index in [0.29, 0.717) is 18.0 Å². The number of hydrogen-bond donors (Lipinski definition) is 2. The molecule has 1 unspecified atom stereocenters. The first-order valence-electron chi connectivity index (χ1n) is 4.94. The van der Waals surface area contributed by atoms with Crippen LogP contribution in [0.2, 0.25) is 0 Å². The van der Waals surface area contributed by atoms with Crippen molar-refractivity contribution in [2.45, 2.75) is 33.3 Å². The van der Waals surface area contributed by atoms with Gasteiger partial charge in [-0.1, -0.05) is 6.92 Å². The van der Waals surface area contributed by atoms with Gasteiger partial charge >= 0.3 is 0 Å². The van der Waals surface area contributed by atoms with Crippen molar-refractivity contribution in [2.24, 2.45) is 0 Å². The van der Waals surface area contributed by atoms with Gasteiger partial charge in [-0.25, -0.2) is 4.98 Å².